The van der Waals surface area contributed by atoms with E-state index < -0.39 is 15.2 Å². The molecule has 0 unspecified atom stereocenters. The average Bonchev–Trinajstić information content (AvgIpc) is 3.00. The minimum Gasteiger partial charge on any atom is -0.418 e. The number of pyridine rings is 1. The van der Waals surface area contributed by atoms with Gasteiger partial charge in [-0.15, -0.1) is 0 Å². The van der Waals surface area contributed by atoms with E-state index in [1.54, 1.807) is 0 Å². The second-order valence-corrected chi connectivity index (χ2v) is 8.71. The van der Waals surface area contributed by atoms with Crippen LogP contribution in [0.5, 0.6) is 0 Å². The van der Waals surface area contributed by atoms with Gasteiger partial charge in [-0.1, -0.05) is 66.7 Å². The highest BCUT2D eigenvalue weighted by Gasteiger charge is 2.30. The molecule has 2 aromatic carbocycles. The third kappa shape index (κ3) is 5.09. The Morgan fingerprint density at radius 2 is 1.27 bits per heavy atom. The second kappa shape index (κ2) is 9.44. The molecule has 2 aromatic heterocycles. The van der Waals surface area contributed by atoms with Gasteiger partial charge in [0.1, 0.15) is 5.69 Å². The molecule has 4 aromatic rings. The zero-order valence-electron chi connectivity index (χ0n) is 16.7. The molecule has 2 heterocycles. The van der Waals surface area contributed by atoms with Gasteiger partial charge >= 0.3 is 7.25 Å². The molecule has 8 heteroatoms. The highest BCUT2D eigenvalue weighted by Crippen LogP contribution is 2.33. The Labute approximate surface area is 174 Å². The van der Waals surface area contributed by atoms with Gasteiger partial charge in [0, 0.05) is 20.9 Å². The van der Waals surface area contributed by atoms with Crippen LogP contribution in [0.3, 0.4) is 0 Å². The first-order chi connectivity index (χ1) is 14.3. The van der Waals surface area contributed by atoms with Crippen molar-refractivity contribution >= 4 is 36.9 Å². The van der Waals surface area contributed by atoms with Crippen LogP contribution in [0.2, 0.25) is 0 Å². The van der Waals surface area contributed by atoms with Crippen molar-refractivity contribution in [2.45, 2.75) is 20.4 Å². The predicted octanol–water partition coefficient (Wildman–Crippen LogP) is 4.61. The molecule has 0 aliphatic rings. The molecular weight excluding hydrogens is 410 g/mol. The molecule has 0 radical (unpaired) electrons. The third-order valence-electron chi connectivity index (χ3n) is 4.63. The van der Waals surface area contributed by atoms with Crippen LogP contribution in [0.4, 0.5) is 17.3 Å². The van der Waals surface area contributed by atoms with Crippen molar-refractivity contribution in [3.8, 4) is 0 Å². The normalized spacial score (nSPS) is 11.4. The number of nitrogens with zero attached hydrogens (tertiary/aromatic N) is 2. The van der Waals surface area contributed by atoms with Gasteiger partial charge in [0.05, 0.1) is 12.7 Å². The molecule has 30 heavy (non-hydrogen) atoms. The predicted molar refractivity (Wildman–Crippen MR) is 117 cm³/mol. The summed E-state index contributed by atoms with van der Waals surface area (Å²) >= 11 is 0. The van der Waals surface area contributed by atoms with Crippen LogP contribution in [-0.4, -0.2) is 11.8 Å². The number of fused-ring (bicyclic) bond motifs is 1. The number of rotatable bonds is 4. The van der Waals surface area contributed by atoms with Crippen LogP contribution < -0.4 is 20.4 Å². The zero-order valence-corrected chi connectivity index (χ0v) is 17.6. The Morgan fingerprint density at radius 1 is 0.800 bits per heavy atom. The number of aromatic nitrogens is 2. The van der Waals surface area contributed by atoms with Crippen LogP contribution >= 0.6 is 7.92 Å². The number of hydrogen-bond acceptors (Lipinski definition) is 0. The van der Waals surface area contributed by atoms with Gasteiger partial charge in [0.25, 0.3) is 5.65 Å². The zero-order chi connectivity index (χ0) is 21.7. The van der Waals surface area contributed by atoms with Gasteiger partial charge in [0.15, 0.2) is 5.44 Å². The largest absolute Gasteiger partial charge is 0.673 e. The van der Waals surface area contributed by atoms with Crippen LogP contribution in [-0.2, 0) is 6.54 Å². The van der Waals surface area contributed by atoms with Crippen molar-refractivity contribution in [3.05, 3.63) is 90.8 Å². The van der Waals surface area contributed by atoms with Crippen molar-refractivity contribution in [2.24, 2.45) is 0 Å². The van der Waals surface area contributed by atoms with Gasteiger partial charge < -0.3 is 17.3 Å². The van der Waals surface area contributed by atoms with Crippen molar-refractivity contribution in [2.75, 3.05) is 0 Å². The monoisotopic (exact) mass is 432 g/mol. The summed E-state index contributed by atoms with van der Waals surface area (Å²) in [6.07, 6.45) is 2.20. The standard InChI is InChI=1S/C22H22N2P.BF4/c1-3-23-18(2)22(24-17-11-10-16-21(23)24)25(19-12-6-4-7-13-19)20-14-8-5-9-15-20;2-1(3,4)5/h4-17H,3H2,1-2H3;/q+1;-1. The lowest BCUT2D eigenvalue weighted by Crippen LogP contribution is -2.40. The molecule has 0 amide bonds. The average molecular weight is 432 g/mol. The lowest BCUT2D eigenvalue weighted by Gasteiger charge is -2.16. The van der Waals surface area contributed by atoms with E-state index >= 15 is 0 Å². The molecule has 0 fully saturated rings. The van der Waals surface area contributed by atoms with E-state index in [0.717, 1.165) is 6.54 Å². The van der Waals surface area contributed by atoms with Gasteiger partial charge in [-0.05, 0) is 23.6 Å². The van der Waals surface area contributed by atoms with Gasteiger partial charge in [0.2, 0.25) is 0 Å². The number of halogens is 4. The van der Waals surface area contributed by atoms with E-state index in [-0.39, 0.29) is 0 Å². The van der Waals surface area contributed by atoms with E-state index in [1.165, 1.54) is 27.4 Å². The molecule has 0 bridgehead atoms. The first-order valence-corrected chi connectivity index (χ1v) is 10.9. The van der Waals surface area contributed by atoms with Crippen LogP contribution in [0.25, 0.3) is 5.65 Å². The van der Waals surface area contributed by atoms with E-state index in [2.05, 4.69) is 108 Å². The topological polar surface area (TPSA) is 9.03 Å². The molecule has 0 atom stereocenters. The van der Waals surface area contributed by atoms with Crippen molar-refractivity contribution in [1.29, 1.82) is 0 Å². The first-order valence-electron chi connectivity index (χ1n) is 9.58. The van der Waals surface area contributed by atoms with Gasteiger partial charge in [-0.25, -0.2) is 4.57 Å². The Hall–Kier alpha value is -2.66. The molecule has 2 nitrogen and oxygen atoms in total. The molecule has 0 saturated heterocycles. The molecule has 0 aliphatic heterocycles. The minimum atomic E-state index is -6.00. The lowest BCUT2D eigenvalue weighted by atomic mass is 10.3. The minimum absolute atomic E-state index is 0.609. The summed E-state index contributed by atoms with van der Waals surface area (Å²) in [6, 6.07) is 28.3. The summed E-state index contributed by atoms with van der Waals surface area (Å²) in [5.74, 6) is 0. The van der Waals surface area contributed by atoms with Crippen molar-refractivity contribution < 1.29 is 21.7 Å². The molecular formula is C22H22BF4N2P. The molecule has 0 spiro atoms. The Balaban J connectivity index is 0.000000461. The van der Waals surface area contributed by atoms with Crippen LogP contribution in [0.15, 0.2) is 85.1 Å². The maximum absolute atomic E-state index is 9.75. The molecule has 0 saturated carbocycles. The Bertz CT molecular complexity index is 1050. The summed E-state index contributed by atoms with van der Waals surface area (Å²) in [6.45, 7) is 5.45. The number of hydrogen-bond donors (Lipinski definition) is 0. The van der Waals surface area contributed by atoms with Crippen LogP contribution in [0, 0.1) is 6.92 Å². The fourth-order valence-electron chi connectivity index (χ4n) is 3.52. The fraction of sp³-hybridized carbons (Fsp3) is 0.136. The van der Waals surface area contributed by atoms with E-state index in [4.69, 9.17) is 0 Å². The number of benzene rings is 2. The Morgan fingerprint density at radius 3 is 1.73 bits per heavy atom. The summed E-state index contributed by atoms with van der Waals surface area (Å²) in [4.78, 5) is 0. The lowest BCUT2D eigenvalue weighted by molar-refractivity contribution is -0.490. The number of aryl methyl sites for hydroxylation is 1. The SMILES string of the molecule is CCn1c(C)c(P(c2ccccc2)c2ccccc2)[n+]2ccccc12.F[B-](F)(F)F. The van der Waals surface area contributed by atoms with Gasteiger partial charge in [-0.3, -0.25) is 0 Å². The van der Waals surface area contributed by atoms with E-state index in [9.17, 15) is 17.3 Å². The summed E-state index contributed by atoms with van der Waals surface area (Å²) in [5.41, 5.74) is 4.02. The molecule has 0 aliphatic carbocycles. The maximum atomic E-state index is 9.75. The quantitative estimate of drug-likeness (QED) is 0.193. The molecule has 4 rings (SSSR count). The second-order valence-electron chi connectivity index (χ2n) is 6.58. The molecule has 0 N–H and O–H groups in total. The Kier molecular flexibility index (Phi) is 6.93. The first kappa shape index (κ1) is 22.0. The van der Waals surface area contributed by atoms with Crippen molar-refractivity contribution in [1.82, 2.24) is 4.57 Å². The summed E-state index contributed by atoms with van der Waals surface area (Å²) < 4.78 is 43.8. The summed E-state index contributed by atoms with van der Waals surface area (Å²) in [5, 5.41) is 2.77. The van der Waals surface area contributed by atoms with Gasteiger partial charge in [-0.2, -0.15) is 4.40 Å². The van der Waals surface area contributed by atoms with Crippen LogP contribution in [0.1, 0.15) is 12.6 Å². The molecule has 156 valence electrons. The summed E-state index contributed by atoms with van der Waals surface area (Å²) in [7, 11) is -6.61. The highest BCUT2D eigenvalue weighted by atomic mass is 31.1. The third-order valence-corrected chi connectivity index (χ3v) is 7.22. The number of imidazole rings is 1. The van der Waals surface area contributed by atoms with E-state index in [1.807, 2.05) is 0 Å². The highest BCUT2D eigenvalue weighted by molar-refractivity contribution is 7.79. The smallest absolute Gasteiger partial charge is 0.418 e. The van der Waals surface area contributed by atoms with Crippen molar-refractivity contribution in [3.63, 3.8) is 0 Å². The fourth-order valence-corrected chi connectivity index (χ4v) is 6.07. The van der Waals surface area contributed by atoms with E-state index in [0.29, 0.717) is 0 Å². The maximum Gasteiger partial charge on any atom is 0.673 e.